The van der Waals surface area contributed by atoms with Gasteiger partial charge in [0.25, 0.3) is 0 Å². The maximum absolute atomic E-state index is 13.1. The summed E-state index contributed by atoms with van der Waals surface area (Å²) in [6, 6.07) is 11.3. The average Bonchev–Trinajstić information content (AvgIpc) is 2.89. The van der Waals surface area contributed by atoms with Crippen molar-refractivity contribution in [1.82, 2.24) is 0 Å². The number of Topliss-reactive ketones (excluding diaryl/α,β-unsaturated/α-hetero) is 1. The van der Waals surface area contributed by atoms with E-state index >= 15 is 0 Å². The zero-order valence-electron chi connectivity index (χ0n) is 15.0. The Labute approximate surface area is 168 Å². The van der Waals surface area contributed by atoms with Crippen molar-refractivity contribution >= 4 is 50.2 Å². The maximum Gasteiger partial charge on any atom is 0.210 e. The summed E-state index contributed by atoms with van der Waals surface area (Å²) < 4.78 is 29.5. The molecule has 0 saturated carbocycles. The molecule has 1 heterocycles. The number of benzene rings is 2. The molecule has 3 rings (SSSR count). The number of ether oxygens (including phenoxy) is 1. The van der Waals surface area contributed by atoms with Gasteiger partial charge in [-0.2, -0.15) is 0 Å². The highest BCUT2D eigenvalue weighted by Crippen LogP contribution is 2.43. The first-order chi connectivity index (χ1) is 12.6. The van der Waals surface area contributed by atoms with E-state index in [0.717, 1.165) is 6.26 Å². The van der Waals surface area contributed by atoms with Gasteiger partial charge in [0.2, 0.25) is 5.78 Å². The second-order valence-corrected chi connectivity index (χ2v) is 9.48. The van der Waals surface area contributed by atoms with Gasteiger partial charge < -0.3 is 4.74 Å². The number of ketones is 1. The average molecular weight is 425 g/mol. The summed E-state index contributed by atoms with van der Waals surface area (Å²) in [5.74, 6) is 0.258. The van der Waals surface area contributed by atoms with Crippen LogP contribution in [0.5, 0.6) is 0 Å². The summed E-state index contributed by atoms with van der Waals surface area (Å²) in [5, 5.41) is 0.732. The molecule has 7 heteroatoms. The zero-order chi connectivity index (χ0) is 20.0. The molecule has 142 valence electrons. The molecule has 27 heavy (non-hydrogen) atoms. The number of rotatable bonds is 4. The standard InChI is InChI=1S/C20H18Cl2O4S/c1-4-20(2)19(23)17(13-7-10-15(21)16(22)11-13)18(26-20)12-5-8-14(9-6-12)27(3,24)25/h5-11H,4H2,1-3H3. The second-order valence-electron chi connectivity index (χ2n) is 6.65. The van der Waals surface area contributed by atoms with Gasteiger partial charge in [0.1, 0.15) is 5.76 Å². The van der Waals surface area contributed by atoms with E-state index in [9.17, 15) is 13.2 Å². The van der Waals surface area contributed by atoms with E-state index in [1.807, 2.05) is 6.92 Å². The fraction of sp³-hybridized carbons (Fsp3) is 0.250. The summed E-state index contributed by atoms with van der Waals surface area (Å²) in [6.45, 7) is 3.62. The molecule has 0 bridgehead atoms. The number of carbonyl (C=O) groups is 1. The van der Waals surface area contributed by atoms with Crippen LogP contribution < -0.4 is 0 Å². The van der Waals surface area contributed by atoms with E-state index < -0.39 is 15.4 Å². The van der Waals surface area contributed by atoms with Gasteiger partial charge in [-0.3, -0.25) is 4.79 Å². The Bertz CT molecular complexity index is 1060. The number of sulfone groups is 1. The Morgan fingerprint density at radius 1 is 1.00 bits per heavy atom. The molecule has 0 N–H and O–H groups in total. The monoisotopic (exact) mass is 424 g/mol. The Morgan fingerprint density at radius 2 is 1.59 bits per heavy atom. The van der Waals surface area contributed by atoms with Crippen molar-refractivity contribution in [2.24, 2.45) is 0 Å². The van der Waals surface area contributed by atoms with Crippen LogP contribution in [0.15, 0.2) is 47.4 Å². The van der Waals surface area contributed by atoms with Gasteiger partial charge in [-0.05, 0) is 55.3 Å². The van der Waals surface area contributed by atoms with E-state index in [0.29, 0.717) is 38.9 Å². The van der Waals surface area contributed by atoms with Crippen molar-refractivity contribution in [2.75, 3.05) is 6.26 Å². The molecular weight excluding hydrogens is 407 g/mol. The molecule has 1 unspecified atom stereocenters. The van der Waals surface area contributed by atoms with Crippen LogP contribution in [0.25, 0.3) is 11.3 Å². The van der Waals surface area contributed by atoms with Gasteiger partial charge in [-0.15, -0.1) is 0 Å². The highest BCUT2D eigenvalue weighted by molar-refractivity contribution is 7.90. The molecule has 0 radical (unpaired) electrons. The Morgan fingerprint density at radius 3 is 2.11 bits per heavy atom. The molecule has 2 aromatic rings. The first-order valence-electron chi connectivity index (χ1n) is 8.31. The molecule has 0 aliphatic carbocycles. The second kappa shape index (κ2) is 6.97. The van der Waals surface area contributed by atoms with E-state index in [-0.39, 0.29) is 10.7 Å². The molecule has 2 aromatic carbocycles. The minimum absolute atomic E-state index is 0.148. The van der Waals surface area contributed by atoms with Crippen molar-refractivity contribution in [1.29, 1.82) is 0 Å². The summed E-state index contributed by atoms with van der Waals surface area (Å²) in [4.78, 5) is 13.3. The molecular formula is C20H18Cl2O4S. The lowest BCUT2D eigenvalue weighted by molar-refractivity contribution is -0.126. The predicted molar refractivity (Wildman–Crippen MR) is 108 cm³/mol. The molecule has 4 nitrogen and oxygen atoms in total. The zero-order valence-corrected chi connectivity index (χ0v) is 17.4. The van der Waals surface area contributed by atoms with E-state index in [2.05, 4.69) is 0 Å². The summed E-state index contributed by atoms with van der Waals surface area (Å²) >= 11 is 12.1. The SMILES string of the molecule is CCC1(C)OC(c2ccc(S(C)(=O)=O)cc2)=C(c2ccc(Cl)c(Cl)c2)C1=O. The van der Waals surface area contributed by atoms with Crippen molar-refractivity contribution in [3.8, 4) is 0 Å². The third kappa shape index (κ3) is 3.64. The number of hydrogen-bond acceptors (Lipinski definition) is 4. The van der Waals surface area contributed by atoms with Gasteiger partial charge in [0.05, 0.1) is 20.5 Å². The fourth-order valence-electron chi connectivity index (χ4n) is 2.89. The summed E-state index contributed by atoms with van der Waals surface area (Å²) in [6.07, 6.45) is 1.63. The Hall–Kier alpha value is -1.82. The van der Waals surface area contributed by atoms with Crippen LogP contribution in [0.1, 0.15) is 31.4 Å². The van der Waals surface area contributed by atoms with E-state index in [1.165, 1.54) is 12.1 Å². The van der Waals surface area contributed by atoms with Crippen LogP contribution in [-0.2, 0) is 19.4 Å². The fourth-order valence-corrected chi connectivity index (χ4v) is 3.82. The molecule has 0 fully saturated rings. The van der Waals surface area contributed by atoms with Gasteiger partial charge in [-0.1, -0.05) is 36.2 Å². The first-order valence-corrected chi connectivity index (χ1v) is 11.0. The molecule has 1 aliphatic heterocycles. The highest BCUT2D eigenvalue weighted by atomic mass is 35.5. The van der Waals surface area contributed by atoms with Crippen LogP contribution in [0.2, 0.25) is 10.0 Å². The van der Waals surface area contributed by atoms with Crippen molar-refractivity contribution in [2.45, 2.75) is 30.8 Å². The molecule has 1 aliphatic rings. The lowest BCUT2D eigenvalue weighted by atomic mass is 9.90. The van der Waals surface area contributed by atoms with Crippen molar-refractivity contribution in [3.05, 3.63) is 63.6 Å². The largest absolute Gasteiger partial charge is 0.478 e. The quantitative estimate of drug-likeness (QED) is 0.689. The minimum Gasteiger partial charge on any atom is -0.478 e. The third-order valence-corrected chi connectivity index (χ3v) is 6.56. The summed E-state index contributed by atoms with van der Waals surface area (Å²) in [7, 11) is -3.31. The van der Waals surface area contributed by atoms with Crippen molar-refractivity contribution in [3.63, 3.8) is 0 Å². The van der Waals surface area contributed by atoms with Gasteiger partial charge >= 0.3 is 0 Å². The van der Waals surface area contributed by atoms with Gasteiger partial charge in [-0.25, -0.2) is 8.42 Å². The maximum atomic E-state index is 13.1. The van der Waals surface area contributed by atoms with E-state index in [4.69, 9.17) is 27.9 Å². The third-order valence-electron chi connectivity index (χ3n) is 4.69. The number of hydrogen-bond donors (Lipinski definition) is 0. The lowest BCUT2D eigenvalue weighted by Gasteiger charge is -2.21. The number of halogens is 2. The molecule has 0 saturated heterocycles. The Kier molecular flexibility index (Phi) is 5.14. The summed E-state index contributed by atoms with van der Waals surface area (Å²) in [5.41, 5.74) is 0.638. The highest BCUT2D eigenvalue weighted by Gasteiger charge is 2.45. The molecule has 1 atom stereocenters. The molecule has 0 spiro atoms. The normalized spacial score (nSPS) is 20.1. The molecule has 0 aromatic heterocycles. The van der Waals surface area contributed by atoms with Crippen LogP contribution in [0.3, 0.4) is 0 Å². The van der Waals surface area contributed by atoms with E-state index in [1.54, 1.807) is 37.3 Å². The lowest BCUT2D eigenvalue weighted by Crippen LogP contribution is -2.32. The predicted octanol–water partition coefficient (Wildman–Crippen LogP) is 5.03. The topological polar surface area (TPSA) is 60.4 Å². The number of carbonyl (C=O) groups excluding carboxylic acids is 1. The first kappa shape index (κ1) is 19.9. The Balaban J connectivity index is 2.19. The molecule has 0 amide bonds. The minimum atomic E-state index is -3.31. The smallest absolute Gasteiger partial charge is 0.210 e. The van der Waals surface area contributed by atoms with Crippen LogP contribution >= 0.6 is 23.2 Å². The van der Waals surface area contributed by atoms with Crippen LogP contribution in [0, 0.1) is 0 Å². The van der Waals surface area contributed by atoms with Crippen LogP contribution in [-0.4, -0.2) is 26.1 Å². The van der Waals surface area contributed by atoms with Gasteiger partial charge in [0, 0.05) is 11.8 Å². The van der Waals surface area contributed by atoms with Crippen molar-refractivity contribution < 1.29 is 17.9 Å². The van der Waals surface area contributed by atoms with Gasteiger partial charge in [0.15, 0.2) is 15.4 Å². The van der Waals surface area contributed by atoms with Crippen LogP contribution in [0.4, 0.5) is 0 Å².